The molecule has 4 rings (SSSR count). The molecule has 4 heteroatoms. The Morgan fingerprint density at radius 2 is 1.42 bits per heavy atom. The first-order chi connectivity index (χ1) is 16.0. The quantitative estimate of drug-likeness (QED) is 0.338. The second-order valence-corrected chi connectivity index (χ2v) is 8.48. The minimum atomic E-state index is -0.176. The van der Waals surface area contributed by atoms with Crippen molar-refractivity contribution in [1.29, 1.82) is 0 Å². The maximum atomic E-state index is 12.2. The van der Waals surface area contributed by atoms with Crippen LogP contribution in [0.3, 0.4) is 0 Å². The molecule has 0 aromatic heterocycles. The van der Waals surface area contributed by atoms with E-state index >= 15 is 0 Å². The summed E-state index contributed by atoms with van der Waals surface area (Å²) in [4.78, 5) is 12.2. The molecular formula is C29H29NO3. The SMILES string of the molecule is CC(C)(c1ccccc1)c1ccc(OCC(=O)NCCOc2cccc3ccccc23)cc1. The summed E-state index contributed by atoms with van der Waals surface area (Å²) < 4.78 is 11.5. The number of hydrogen-bond donors (Lipinski definition) is 1. The Hall–Kier alpha value is -3.79. The topological polar surface area (TPSA) is 47.6 Å². The highest BCUT2D eigenvalue weighted by Crippen LogP contribution is 2.32. The van der Waals surface area contributed by atoms with Gasteiger partial charge in [0.05, 0.1) is 6.54 Å². The number of carbonyl (C=O) groups is 1. The molecule has 4 aromatic rings. The van der Waals surface area contributed by atoms with Crippen LogP contribution in [-0.2, 0) is 10.2 Å². The summed E-state index contributed by atoms with van der Waals surface area (Å²) in [7, 11) is 0. The van der Waals surface area contributed by atoms with Gasteiger partial charge in [-0.2, -0.15) is 0 Å². The number of carbonyl (C=O) groups excluding carboxylic acids is 1. The van der Waals surface area contributed by atoms with E-state index in [1.807, 2.05) is 48.5 Å². The van der Waals surface area contributed by atoms with Gasteiger partial charge < -0.3 is 14.8 Å². The molecule has 0 spiro atoms. The van der Waals surface area contributed by atoms with E-state index in [1.54, 1.807) is 0 Å². The maximum absolute atomic E-state index is 12.2. The largest absolute Gasteiger partial charge is 0.491 e. The molecule has 4 aromatic carbocycles. The normalized spacial score (nSPS) is 11.2. The molecular weight excluding hydrogens is 410 g/mol. The molecule has 0 saturated carbocycles. The fourth-order valence-corrected chi connectivity index (χ4v) is 3.86. The van der Waals surface area contributed by atoms with Gasteiger partial charge in [0.15, 0.2) is 6.61 Å². The molecule has 1 N–H and O–H groups in total. The lowest BCUT2D eigenvalue weighted by atomic mass is 9.78. The van der Waals surface area contributed by atoms with Gasteiger partial charge in [-0.05, 0) is 34.7 Å². The summed E-state index contributed by atoms with van der Waals surface area (Å²) in [5.74, 6) is 1.31. The molecule has 0 aliphatic heterocycles. The molecule has 0 atom stereocenters. The Kier molecular flexibility index (Phi) is 6.94. The molecule has 0 aliphatic rings. The van der Waals surface area contributed by atoms with Crippen LogP contribution >= 0.6 is 0 Å². The van der Waals surface area contributed by atoms with Gasteiger partial charge in [-0.15, -0.1) is 0 Å². The number of fused-ring (bicyclic) bond motifs is 1. The number of hydrogen-bond acceptors (Lipinski definition) is 3. The first kappa shape index (κ1) is 22.4. The number of amides is 1. The van der Waals surface area contributed by atoms with Crippen molar-refractivity contribution in [3.63, 3.8) is 0 Å². The lowest BCUT2D eigenvalue weighted by Crippen LogP contribution is -2.32. The van der Waals surface area contributed by atoms with E-state index in [4.69, 9.17) is 9.47 Å². The molecule has 0 bridgehead atoms. The fraction of sp³-hybridized carbons (Fsp3) is 0.207. The van der Waals surface area contributed by atoms with Crippen LogP contribution in [0.5, 0.6) is 11.5 Å². The molecule has 0 radical (unpaired) electrons. The highest BCUT2D eigenvalue weighted by atomic mass is 16.5. The summed E-state index contributed by atoms with van der Waals surface area (Å²) >= 11 is 0. The van der Waals surface area contributed by atoms with Crippen LogP contribution in [0.2, 0.25) is 0 Å². The van der Waals surface area contributed by atoms with Crippen molar-refractivity contribution in [1.82, 2.24) is 5.32 Å². The van der Waals surface area contributed by atoms with Crippen LogP contribution in [0.25, 0.3) is 10.8 Å². The van der Waals surface area contributed by atoms with Crippen LogP contribution in [0, 0.1) is 0 Å². The van der Waals surface area contributed by atoms with Crippen molar-refractivity contribution in [2.45, 2.75) is 19.3 Å². The van der Waals surface area contributed by atoms with Crippen molar-refractivity contribution < 1.29 is 14.3 Å². The molecule has 168 valence electrons. The summed E-state index contributed by atoms with van der Waals surface area (Å²) in [6.45, 7) is 5.17. The average molecular weight is 440 g/mol. The van der Waals surface area contributed by atoms with Crippen LogP contribution < -0.4 is 14.8 Å². The second-order valence-electron chi connectivity index (χ2n) is 8.48. The molecule has 0 fully saturated rings. The monoisotopic (exact) mass is 439 g/mol. The summed E-state index contributed by atoms with van der Waals surface area (Å²) in [6.07, 6.45) is 0. The van der Waals surface area contributed by atoms with E-state index in [-0.39, 0.29) is 17.9 Å². The third-order valence-electron chi connectivity index (χ3n) is 5.87. The standard InChI is InChI=1S/C29H29NO3/c1-29(2,23-11-4-3-5-12-23)24-15-17-25(18-16-24)33-21-28(31)30-19-20-32-27-14-8-10-22-9-6-7-13-26(22)27/h3-18H,19-21H2,1-2H3,(H,30,31). The van der Waals surface area contributed by atoms with Gasteiger partial charge in [0.25, 0.3) is 5.91 Å². The van der Waals surface area contributed by atoms with E-state index in [2.05, 4.69) is 67.7 Å². The zero-order valence-electron chi connectivity index (χ0n) is 19.1. The summed E-state index contributed by atoms with van der Waals surface area (Å²) in [6, 6.07) is 32.4. The highest BCUT2D eigenvalue weighted by molar-refractivity contribution is 5.88. The minimum absolute atomic E-state index is 0.0321. The molecule has 33 heavy (non-hydrogen) atoms. The van der Waals surface area contributed by atoms with Gasteiger partial charge in [0, 0.05) is 10.8 Å². The zero-order chi connectivity index (χ0) is 23.1. The van der Waals surface area contributed by atoms with Crippen molar-refractivity contribution in [2.24, 2.45) is 0 Å². The Morgan fingerprint density at radius 1 is 0.758 bits per heavy atom. The van der Waals surface area contributed by atoms with E-state index in [0.717, 1.165) is 16.5 Å². The smallest absolute Gasteiger partial charge is 0.258 e. The average Bonchev–Trinajstić information content (AvgIpc) is 2.86. The van der Waals surface area contributed by atoms with Crippen LogP contribution in [0.1, 0.15) is 25.0 Å². The van der Waals surface area contributed by atoms with Gasteiger partial charge >= 0.3 is 0 Å². The highest BCUT2D eigenvalue weighted by Gasteiger charge is 2.22. The van der Waals surface area contributed by atoms with Crippen molar-refractivity contribution in [2.75, 3.05) is 19.8 Å². The number of rotatable bonds is 9. The predicted molar refractivity (Wildman–Crippen MR) is 133 cm³/mol. The van der Waals surface area contributed by atoms with Crippen LogP contribution in [0.15, 0.2) is 97.1 Å². The summed E-state index contributed by atoms with van der Waals surface area (Å²) in [5.41, 5.74) is 2.33. The van der Waals surface area contributed by atoms with Gasteiger partial charge in [-0.1, -0.05) is 92.7 Å². The van der Waals surface area contributed by atoms with Gasteiger partial charge in [0.1, 0.15) is 18.1 Å². The van der Waals surface area contributed by atoms with E-state index in [9.17, 15) is 4.79 Å². The molecule has 0 aliphatic carbocycles. The summed E-state index contributed by atoms with van der Waals surface area (Å²) in [5, 5.41) is 5.03. The Balaban J connectivity index is 1.23. The maximum Gasteiger partial charge on any atom is 0.258 e. The van der Waals surface area contributed by atoms with Gasteiger partial charge in [-0.25, -0.2) is 0 Å². The van der Waals surface area contributed by atoms with Crippen molar-refractivity contribution >= 4 is 16.7 Å². The van der Waals surface area contributed by atoms with E-state index in [1.165, 1.54) is 11.1 Å². The minimum Gasteiger partial charge on any atom is -0.491 e. The van der Waals surface area contributed by atoms with Gasteiger partial charge in [0.2, 0.25) is 0 Å². The Labute approximate surface area is 195 Å². The molecule has 0 unspecified atom stereocenters. The van der Waals surface area contributed by atoms with Crippen LogP contribution in [-0.4, -0.2) is 25.7 Å². The molecule has 4 nitrogen and oxygen atoms in total. The number of nitrogens with one attached hydrogen (secondary N) is 1. The zero-order valence-corrected chi connectivity index (χ0v) is 19.1. The van der Waals surface area contributed by atoms with Crippen molar-refractivity contribution in [3.8, 4) is 11.5 Å². The van der Waals surface area contributed by atoms with Crippen molar-refractivity contribution in [3.05, 3.63) is 108 Å². The second kappa shape index (κ2) is 10.2. The first-order valence-electron chi connectivity index (χ1n) is 11.2. The molecule has 0 saturated heterocycles. The van der Waals surface area contributed by atoms with Gasteiger partial charge in [-0.3, -0.25) is 4.79 Å². The number of ether oxygens (including phenoxy) is 2. The fourth-order valence-electron chi connectivity index (χ4n) is 3.86. The third-order valence-corrected chi connectivity index (χ3v) is 5.87. The third kappa shape index (κ3) is 5.53. The Morgan fingerprint density at radius 3 is 2.21 bits per heavy atom. The van der Waals surface area contributed by atoms with Crippen LogP contribution in [0.4, 0.5) is 0 Å². The lowest BCUT2D eigenvalue weighted by molar-refractivity contribution is -0.123. The molecule has 1 amide bonds. The first-order valence-corrected chi connectivity index (χ1v) is 11.2. The lowest BCUT2D eigenvalue weighted by Gasteiger charge is -2.26. The molecule has 0 heterocycles. The Bertz CT molecular complexity index is 1200. The number of benzene rings is 4. The van der Waals surface area contributed by atoms with E-state index in [0.29, 0.717) is 18.9 Å². The van der Waals surface area contributed by atoms with E-state index < -0.39 is 0 Å². The predicted octanol–water partition coefficient (Wildman–Crippen LogP) is 5.74.